The van der Waals surface area contributed by atoms with Crippen LogP contribution in [0.5, 0.6) is 0 Å². The van der Waals surface area contributed by atoms with Crippen molar-refractivity contribution >= 4 is 27.9 Å². The Morgan fingerprint density at radius 2 is 1.71 bits per heavy atom. The van der Waals surface area contributed by atoms with Crippen LogP contribution in [0.25, 0.3) is 0 Å². The highest BCUT2D eigenvalue weighted by molar-refractivity contribution is 9.10. The van der Waals surface area contributed by atoms with Gasteiger partial charge in [-0.1, -0.05) is 39.7 Å². The number of fused-ring (bicyclic) bond motifs is 1. The number of rotatable bonds is 2. The highest BCUT2D eigenvalue weighted by Crippen LogP contribution is 2.34. The number of aryl methyl sites for hydroxylation is 3. The molecule has 0 spiro atoms. The summed E-state index contributed by atoms with van der Waals surface area (Å²) < 4.78 is 3.67. The summed E-state index contributed by atoms with van der Waals surface area (Å²) in [4.78, 5) is 1.42. The van der Waals surface area contributed by atoms with Crippen molar-refractivity contribution in [2.24, 2.45) is 0 Å². The minimum Gasteiger partial charge on any atom is -0.242 e. The molecule has 0 atom stereocenters. The molecule has 21 heavy (non-hydrogen) atoms. The molecule has 110 valence electrons. The number of hydrogen-bond acceptors (Lipinski definition) is 2. The lowest BCUT2D eigenvalue weighted by atomic mass is 10.0. The van der Waals surface area contributed by atoms with E-state index in [0.29, 0.717) is 0 Å². The van der Waals surface area contributed by atoms with E-state index < -0.39 is 0 Å². The summed E-state index contributed by atoms with van der Waals surface area (Å²) >= 11 is 5.48. The second kappa shape index (κ2) is 6.15. The van der Waals surface area contributed by atoms with E-state index in [0.717, 1.165) is 19.5 Å². The second-order valence-electron chi connectivity index (χ2n) is 5.85. The van der Waals surface area contributed by atoms with Crippen LogP contribution in [0.2, 0.25) is 0 Å². The largest absolute Gasteiger partial charge is 0.242 e. The first-order chi connectivity index (χ1) is 10.0. The molecule has 0 saturated carbocycles. The third kappa shape index (κ3) is 3.36. The van der Waals surface area contributed by atoms with Crippen LogP contribution in [0.4, 0.5) is 0 Å². The van der Waals surface area contributed by atoms with Crippen molar-refractivity contribution in [3.8, 4) is 0 Å². The van der Waals surface area contributed by atoms with Crippen LogP contribution < -0.4 is 0 Å². The first-order valence-electron chi connectivity index (χ1n) is 7.31. The van der Waals surface area contributed by atoms with Gasteiger partial charge >= 0.3 is 0 Å². The molecule has 1 nitrogen and oxygen atoms in total. The van der Waals surface area contributed by atoms with E-state index in [-0.39, 0.29) is 0 Å². The molecule has 1 aliphatic rings. The lowest BCUT2D eigenvalue weighted by molar-refractivity contribution is 0.444. The van der Waals surface area contributed by atoms with Gasteiger partial charge in [0.25, 0.3) is 0 Å². The molecule has 0 fully saturated rings. The molecule has 0 radical (unpaired) electrons. The van der Waals surface area contributed by atoms with Crippen molar-refractivity contribution in [2.45, 2.75) is 38.6 Å². The highest BCUT2D eigenvalue weighted by atomic mass is 79.9. The number of benzene rings is 2. The standard InChI is InChI=1S/C18H20BrNS/c1-12-8-13(2)18(14(3)9-12)21-20-7-6-15-10-17(19)5-4-16(15)11-20/h4-5,8-10H,6-7,11H2,1-3H3. The normalized spacial score (nSPS) is 15.0. The van der Waals surface area contributed by atoms with Gasteiger partial charge in [-0.05, 0) is 73.5 Å². The summed E-state index contributed by atoms with van der Waals surface area (Å²) in [7, 11) is 0. The predicted octanol–water partition coefficient (Wildman–Crippen LogP) is 5.44. The number of nitrogens with zero attached hydrogens (tertiary/aromatic N) is 1. The molecule has 2 aromatic rings. The van der Waals surface area contributed by atoms with Crippen LogP contribution >= 0.6 is 27.9 Å². The highest BCUT2D eigenvalue weighted by Gasteiger charge is 2.18. The first-order valence-corrected chi connectivity index (χ1v) is 8.87. The van der Waals surface area contributed by atoms with Gasteiger partial charge in [0.1, 0.15) is 0 Å². The predicted molar refractivity (Wildman–Crippen MR) is 94.8 cm³/mol. The molecule has 0 bridgehead atoms. The Morgan fingerprint density at radius 1 is 1.00 bits per heavy atom. The summed E-state index contributed by atoms with van der Waals surface area (Å²) in [5.41, 5.74) is 7.07. The number of halogens is 1. The Bertz CT molecular complexity index is 658. The van der Waals surface area contributed by atoms with Crippen LogP contribution in [0.15, 0.2) is 39.7 Å². The quantitative estimate of drug-likeness (QED) is 0.655. The third-order valence-corrected chi connectivity index (χ3v) is 5.86. The lowest BCUT2D eigenvalue weighted by Crippen LogP contribution is -2.24. The van der Waals surface area contributed by atoms with Gasteiger partial charge in [0, 0.05) is 22.5 Å². The van der Waals surface area contributed by atoms with Crippen LogP contribution in [-0.4, -0.2) is 10.8 Å². The molecule has 1 heterocycles. The van der Waals surface area contributed by atoms with Crippen molar-refractivity contribution < 1.29 is 0 Å². The summed E-state index contributed by atoms with van der Waals surface area (Å²) in [6.45, 7) is 8.75. The second-order valence-corrected chi connectivity index (χ2v) is 7.87. The maximum atomic E-state index is 3.57. The fourth-order valence-electron chi connectivity index (χ4n) is 3.01. The van der Waals surface area contributed by atoms with E-state index in [2.05, 4.69) is 71.3 Å². The monoisotopic (exact) mass is 361 g/mol. The van der Waals surface area contributed by atoms with E-state index in [4.69, 9.17) is 0 Å². The van der Waals surface area contributed by atoms with Crippen LogP contribution in [-0.2, 0) is 13.0 Å². The Morgan fingerprint density at radius 3 is 2.43 bits per heavy atom. The zero-order chi connectivity index (χ0) is 15.0. The molecule has 0 unspecified atom stereocenters. The maximum absolute atomic E-state index is 3.57. The minimum atomic E-state index is 1.03. The summed E-state index contributed by atoms with van der Waals surface area (Å²) in [5, 5.41) is 0. The minimum absolute atomic E-state index is 1.03. The van der Waals surface area contributed by atoms with Crippen molar-refractivity contribution in [2.75, 3.05) is 6.54 Å². The van der Waals surface area contributed by atoms with E-state index >= 15 is 0 Å². The average molecular weight is 362 g/mol. The molecular formula is C18H20BrNS. The summed E-state index contributed by atoms with van der Waals surface area (Å²) in [5.74, 6) is 0. The van der Waals surface area contributed by atoms with Crippen molar-refractivity contribution in [3.63, 3.8) is 0 Å². The zero-order valence-corrected chi connectivity index (χ0v) is 15.1. The van der Waals surface area contributed by atoms with E-state index in [1.165, 1.54) is 37.2 Å². The van der Waals surface area contributed by atoms with Gasteiger partial charge < -0.3 is 0 Å². The van der Waals surface area contributed by atoms with Gasteiger partial charge in [-0.2, -0.15) is 0 Å². The van der Waals surface area contributed by atoms with E-state index in [1.807, 2.05) is 11.9 Å². The Balaban J connectivity index is 1.80. The van der Waals surface area contributed by atoms with Gasteiger partial charge in [-0.15, -0.1) is 0 Å². The first kappa shape index (κ1) is 15.1. The smallest absolute Gasteiger partial charge is 0.0346 e. The SMILES string of the molecule is Cc1cc(C)c(SN2CCc3cc(Br)ccc3C2)c(C)c1. The molecule has 0 N–H and O–H groups in total. The van der Waals surface area contributed by atoms with Gasteiger partial charge in [0.2, 0.25) is 0 Å². The van der Waals surface area contributed by atoms with Crippen LogP contribution in [0, 0.1) is 20.8 Å². The summed E-state index contributed by atoms with van der Waals surface area (Å²) in [6, 6.07) is 11.2. The molecule has 3 heteroatoms. The lowest BCUT2D eigenvalue weighted by Gasteiger charge is -2.28. The molecule has 2 aromatic carbocycles. The van der Waals surface area contributed by atoms with Gasteiger partial charge in [-0.3, -0.25) is 0 Å². The molecule has 0 aromatic heterocycles. The van der Waals surface area contributed by atoms with Gasteiger partial charge in [-0.25, -0.2) is 4.31 Å². The van der Waals surface area contributed by atoms with Gasteiger partial charge in [0.05, 0.1) is 0 Å². The van der Waals surface area contributed by atoms with Crippen molar-refractivity contribution in [1.29, 1.82) is 0 Å². The Kier molecular flexibility index (Phi) is 4.43. The molecule has 0 aliphatic carbocycles. The Hall–Kier alpha value is -0.770. The van der Waals surface area contributed by atoms with Gasteiger partial charge in [0.15, 0.2) is 0 Å². The molecular weight excluding hydrogens is 342 g/mol. The van der Waals surface area contributed by atoms with Crippen LogP contribution in [0.3, 0.4) is 0 Å². The molecule has 3 rings (SSSR count). The third-order valence-electron chi connectivity index (χ3n) is 3.97. The van der Waals surface area contributed by atoms with Crippen molar-refractivity contribution in [3.05, 3.63) is 62.6 Å². The average Bonchev–Trinajstić information content (AvgIpc) is 2.43. The Labute approximate surface area is 140 Å². The van der Waals surface area contributed by atoms with Crippen molar-refractivity contribution in [1.82, 2.24) is 4.31 Å². The molecule has 0 amide bonds. The summed E-state index contributed by atoms with van der Waals surface area (Å²) in [6.07, 6.45) is 1.13. The van der Waals surface area contributed by atoms with E-state index in [9.17, 15) is 0 Å². The topological polar surface area (TPSA) is 3.24 Å². The maximum Gasteiger partial charge on any atom is 0.0346 e. The molecule has 1 aliphatic heterocycles. The fraction of sp³-hybridized carbons (Fsp3) is 0.333. The van der Waals surface area contributed by atoms with E-state index in [1.54, 1.807) is 0 Å². The zero-order valence-electron chi connectivity index (χ0n) is 12.7. The fourth-order valence-corrected chi connectivity index (χ4v) is 4.47. The number of hydrogen-bond donors (Lipinski definition) is 0. The van der Waals surface area contributed by atoms with Crippen LogP contribution in [0.1, 0.15) is 27.8 Å². The molecule has 0 saturated heterocycles.